The molecule has 1 amide bonds. The summed E-state index contributed by atoms with van der Waals surface area (Å²) in [6.45, 7) is 4.07. The molecule has 37 heavy (non-hydrogen) atoms. The van der Waals surface area contributed by atoms with Gasteiger partial charge >= 0.3 is 6.18 Å². The Hall–Kier alpha value is -3.79. The molecule has 10 heteroatoms. The van der Waals surface area contributed by atoms with E-state index in [4.69, 9.17) is 4.74 Å². The van der Waals surface area contributed by atoms with Crippen LogP contribution in [0.15, 0.2) is 71.9 Å². The van der Waals surface area contributed by atoms with E-state index in [2.05, 4.69) is 15.5 Å². The van der Waals surface area contributed by atoms with Crippen molar-refractivity contribution in [2.45, 2.75) is 37.5 Å². The molecule has 0 bridgehead atoms. The van der Waals surface area contributed by atoms with Crippen LogP contribution in [0, 0.1) is 13.8 Å². The van der Waals surface area contributed by atoms with E-state index in [0.29, 0.717) is 27.9 Å². The van der Waals surface area contributed by atoms with Crippen molar-refractivity contribution < 1.29 is 22.7 Å². The van der Waals surface area contributed by atoms with Crippen molar-refractivity contribution in [1.29, 1.82) is 0 Å². The maximum Gasteiger partial charge on any atom is 0.416 e. The number of thioether (sulfide) groups is 1. The lowest BCUT2D eigenvalue weighted by Gasteiger charge is -2.15. The monoisotopic (exact) mass is 526 g/mol. The van der Waals surface area contributed by atoms with E-state index in [0.717, 1.165) is 28.9 Å². The molecule has 4 aromatic rings. The fourth-order valence-electron chi connectivity index (χ4n) is 3.72. The molecule has 0 aliphatic carbocycles. The largest absolute Gasteiger partial charge is 0.497 e. The average molecular weight is 527 g/mol. The van der Waals surface area contributed by atoms with Gasteiger partial charge in [0.15, 0.2) is 11.0 Å². The minimum absolute atomic E-state index is 0.107. The van der Waals surface area contributed by atoms with Crippen molar-refractivity contribution in [3.63, 3.8) is 0 Å². The molecule has 0 fully saturated rings. The zero-order chi connectivity index (χ0) is 26.6. The van der Waals surface area contributed by atoms with Crippen LogP contribution in [0.5, 0.6) is 5.75 Å². The number of carbonyl (C=O) groups is 1. The third kappa shape index (κ3) is 6.14. The molecule has 3 aromatic carbocycles. The Labute approximate surface area is 216 Å². The maximum absolute atomic E-state index is 13.1. The SMILES string of the molecule is COc1ccc(C(=O)NCc2nnc(SCc3cccc(C(F)(F)F)c3)n2-c2cccc(C)c2C)cc1. The summed E-state index contributed by atoms with van der Waals surface area (Å²) in [5.74, 6) is 1.14. The van der Waals surface area contributed by atoms with Gasteiger partial charge in [-0.05, 0) is 66.9 Å². The number of rotatable bonds is 8. The molecule has 0 saturated heterocycles. The molecule has 6 nitrogen and oxygen atoms in total. The van der Waals surface area contributed by atoms with Crippen LogP contribution in [0.4, 0.5) is 13.2 Å². The Balaban J connectivity index is 1.60. The van der Waals surface area contributed by atoms with Crippen LogP contribution < -0.4 is 10.1 Å². The van der Waals surface area contributed by atoms with E-state index in [1.54, 1.807) is 37.4 Å². The Morgan fingerprint density at radius 2 is 1.76 bits per heavy atom. The first-order chi connectivity index (χ1) is 17.7. The van der Waals surface area contributed by atoms with E-state index in [9.17, 15) is 18.0 Å². The number of aromatic nitrogens is 3. The Morgan fingerprint density at radius 1 is 1.03 bits per heavy atom. The van der Waals surface area contributed by atoms with E-state index in [1.807, 2.05) is 36.6 Å². The van der Waals surface area contributed by atoms with E-state index in [1.165, 1.54) is 17.8 Å². The first-order valence-corrected chi connectivity index (χ1v) is 12.4. The molecule has 1 aromatic heterocycles. The molecular weight excluding hydrogens is 501 g/mol. The van der Waals surface area contributed by atoms with Gasteiger partial charge in [0.1, 0.15) is 5.75 Å². The van der Waals surface area contributed by atoms with Crippen molar-refractivity contribution in [2.24, 2.45) is 0 Å². The van der Waals surface area contributed by atoms with Gasteiger partial charge in [-0.2, -0.15) is 13.2 Å². The van der Waals surface area contributed by atoms with Crippen molar-refractivity contribution >= 4 is 17.7 Å². The minimum atomic E-state index is -4.41. The number of amides is 1. The molecule has 0 saturated carbocycles. The molecule has 0 aliphatic heterocycles. The van der Waals surface area contributed by atoms with Crippen molar-refractivity contribution in [2.75, 3.05) is 7.11 Å². The van der Waals surface area contributed by atoms with Crippen LogP contribution >= 0.6 is 11.8 Å². The normalized spacial score (nSPS) is 11.4. The van der Waals surface area contributed by atoms with E-state index < -0.39 is 11.7 Å². The summed E-state index contributed by atoms with van der Waals surface area (Å²) in [5.41, 5.74) is 3.20. The second-order valence-electron chi connectivity index (χ2n) is 8.35. The highest BCUT2D eigenvalue weighted by atomic mass is 32.2. The van der Waals surface area contributed by atoms with Crippen LogP contribution in [0.3, 0.4) is 0 Å². The highest BCUT2D eigenvalue weighted by Crippen LogP contribution is 2.32. The second-order valence-corrected chi connectivity index (χ2v) is 9.29. The summed E-state index contributed by atoms with van der Waals surface area (Å²) in [4.78, 5) is 12.7. The van der Waals surface area contributed by atoms with Gasteiger partial charge in [0, 0.05) is 11.3 Å². The molecule has 0 radical (unpaired) electrons. The predicted octanol–water partition coefficient (Wildman–Crippen LogP) is 6.13. The molecule has 0 atom stereocenters. The number of methoxy groups -OCH3 is 1. The number of nitrogens with zero attached hydrogens (tertiary/aromatic N) is 3. The Bertz CT molecular complexity index is 1400. The van der Waals surface area contributed by atoms with E-state index in [-0.39, 0.29) is 18.2 Å². The van der Waals surface area contributed by atoms with Crippen LogP contribution in [0.25, 0.3) is 5.69 Å². The average Bonchev–Trinajstić information content (AvgIpc) is 3.29. The molecule has 192 valence electrons. The zero-order valence-corrected chi connectivity index (χ0v) is 21.3. The van der Waals surface area contributed by atoms with E-state index >= 15 is 0 Å². The Morgan fingerprint density at radius 3 is 2.46 bits per heavy atom. The third-order valence-electron chi connectivity index (χ3n) is 5.90. The quantitative estimate of drug-likeness (QED) is 0.280. The standard InChI is InChI=1S/C27H25F3N4O2S/c1-17-6-4-9-23(18(17)2)34-24(15-31-25(35)20-10-12-22(36-3)13-11-20)32-33-26(34)37-16-19-7-5-8-21(14-19)27(28,29)30/h4-14H,15-16H2,1-3H3,(H,31,35). The molecule has 4 rings (SSSR count). The van der Waals surface area contributed by atoms with Crippen LogP contribution in [-0.4, -0.2) is 27.8 Å². The fraction of sp³-hybridized carbons (Fsp3) is 0.222. The van der Waals surface area contributed by atoms with Gasteiger partial charge in [0.2, 0.25) is 0 Å². The summed E-state index contributed by atoms with van der Waals surface area (Å²) >= 11 is 1.28. The van der Waals surface area contributed by atoms with Crippen LogP contribution in [-0.2, 0) is 18.5 Å². The number of ether oxygens (including phenoxy) is 1. The summed E-state index contributed by atoms with van der Waals surface area (Å²) in [5, 5.41) is 12.0. The molecular formula is C27H25F3N4O2S. The number of hydrogen-bond donors (Lipinski definition) is 1. The second kappa shape index (κ2) is 11.1. The van der Waals surface area contributed by atoms with Gasteiger partial charge in [-0.15, -0.1) is 10.2 Å². The van der Waals surface area contributed by atoms with Crippen molar-refractivity contribution in [3.05, 3.63) is 100 Å². The van der Waals surface area contributed by atoms with Gasteiger partial charge < -0.3 is 10.1 Å². The van der Waals surface area contributed by atoms with Gasteiger partial charge in [-0.25, -0.2) is 0 Å². The summed E-state index contributed by atoms with van der Waals surface area (Å²) in [6, 6.07) is 17.8. The molecule has 1 N–H and O–H groups in total. The predicted molar refractivity (Wildman–Crippen MR) is 136 cm³/mol. The van der Waals surface area contributed by atoms with Crippen molar-refractivity contribution in [1.82, 2.24) is 20.1 Å². The van der Waals surface area contributed by atoms with Crippen LogP contribution in [0.1, 0.15) is 38.4 Å². The number of carbonyl (C=O) groups excluding carboxylic acids is 1. The van der Waals surface area contributed by atoms with Crippen LogP contribution in [0.2, 0.25) is 0 Å². The summed E-state index contributed by atoms with van der Waals surface area (Å²) in [6.07, 6.45) is -4.41. The van der Waals surface area contributed by atoms with Gasteiger partial charge in [0.25, 0.3) is 5.91 Å². The lowest BCUT2D eigenvalue weighted by molar-refractivity contribution is -0.137. The fourth-order valence-corrected chi connectivity index (χ4v) is 4.62. The Kier molecular flexibility index (Phi) is 7.87. The first-order valence-electron chi connectivity index (χ1n) is 11.4. The topological polar surface area (TPSA) is 69.0 Å². The molecule has 0 spiro atoms. The smallest absolute Gasteiger partial charge is 0.416 e. The van der Waals surface area contributed by atoms with Gasteiger partial charge in [0.05, 0.1) is 24.9 Å². The molecule has 1 heterocycles. The number of aryl methyl sites for hydroxylation is 1. The number of hydrogen-bond acceptors (Lipinski definition) is 5. The minimum Gasteiger partial charge on any atom is -0.497 e. The maximum atomic E-state index is 13.1. The summed E-state index contributed by atoms with van der Waals surface area (Å²) in [7, 11) is 1.55. The lowest BCUT2D eigenvalue weighted by atomic mass is 10.1. The highest BCUT2D eigenvalue weighted by Gasteiger charge is 2.30. The summed E-state index contributed by atoms with van der Waals surface area (Å²) < 4.78 is 46.4. The van der Waals surface area contributed by atoms with Gasteiger partial charge in [-0.3, -0.25) is 9.36 Å². The number of benzene rings is 3. The zero-order valence-electron chi connectivity index (χ0n) is 20.5. The number of nitrogens with one attached hydrogen (secondary N) is 1. The van der Waals surface area contributed by atoms with Crippen molar-refractivity contribution in [3.8, 4) is 11.4 Å². The number of halogens is 3. The molecule has 0 aliphatic rings. The van der Waals surface area contributed by atoms with Gasteiger partial charge in [-0.1, -0.05) is 42.1 Å². The first kappa shape index (κ1) is 26.3. The highest BCUT2D eigenvalue weighted by molar-refractivity contribution is 7.98. The molecule has 0 unspecified atom stereocenters. The third-order valence-corrected chi connectivity index (χ3v) is 6.90. The number of alkyl halides is 3. The lowest BCUT2D eigenvalue weighted by Crippen LogP contribution is -2.24.